The molecular formula is C27H19BrCl2F2N2O3. The fraction of sp³-hybridized carbons (Fsp3) is 0.148. The first-order valence-electron chi connectivity index (χ1n) is 11.2. The Balaban J connectivity index is 1.85. The van der Waals surface area contributed by atoms with E-state index in [1.54, 1.807) is 42.5 Å². The van der Waals surface area contributed by atoms with Gasteiger partial charge in [-0.05, 0) is 30.7 Å². The Morgan fingerprint density at radius 1 is 1.08 bits per heavy atom. The predicted octanol–water partition coefficient (Wildman–Crippen LogP) is 8.60. The molecule has 0 spiro atoms. The Bertz CT molecular complexity index is 1520. The van der Waals surface area contributed by atoms with E-state index in [1.165, 1.54) is 0 Å². The van der Waals surface area contributed by atoms with Crippen molar-refractivity contribution >= 4 is 67.6 Å². The van der Waals surface area contributed by atoms with Gasteiger partial charge in [0.1, 0.15) is 5.69 Å². The van der Waals surface area contributed by atoms with E-state index in [2.05, 4.69) is 26.2 Å². The van der Waals surface area contributed by atoms with Gasteiger partial charge in [0.05, 0.1) is 26.8 Å². The second-order valence-electron chi connectivity index (χ2n) is 8.07. The Morgan fingerprint density at radius 2 is 1.81 bits per heavy atom. The van der Waals surface area contributed by atoms with E-state index in [0.29, 0.717) is 45.5 Å². The highest BCUT2D eigenvalue weighted by Crippen LogP contribution is 2.39. The fourth-order valence-electron chi connectivity index (χ4n) is 3.67. The van der Waals surface area contributed by atoms with Gasteiger partial charge in [-0.25, -0.2) is 13.8 Å². The molecule has 0 unspecified atom stereocenters. The summed E-state index contributed by atoms with van der Waals surface area (Å²) in [5.74, 6) is -4.73. The summed E-state index contributed by atoms with van der Waals surface area (Å²) in [6.07, 6.45) is 1.16. The Labute approximate surface area is 229 Å². The molecule has 0 saturated carbocycles. The van der Waals surface area contributed by atoms with Gasteiger partial charge in [-0.1, -0.05) is 82.8 Å². The molecule has 0 atom stereocenters. The van der Waals surface area contributed by atoms with Crippen LogP contribution in [-0.2, 0) is 4.79 Å². The average Bonchev–Trinajstić information content (AvgIpc) is 2.88. The molecule has 190 valence electrons. The Morgan fingerprint density at radius 3 is 2.51 bits per heavy atom. The molecule has 3 aromatic carbocycles. The molecule has 0 aliphatic heterocycles. The van der Waals surface area contributed by atoms with Crippen molar-refractivity contribution in [1.82, 2.24) is 4.98 Å². The van der Waals surface area contributed by atoms with Crippen LogP contribution >= 0.6 is 39.1 Å². The van der Waals surface area contributed by atoms with Crippen molar-refractivity contribution < 1.29 is 23.1 Å². The number of esters is 1. The average molecular weight is 608 g/mol. The summed E-state index contributed by atoms with van der Waals surface area (Å²) in [6.45, 7) is 1.86. The lowest BCUT2D eigenvalue weighted by molar-refractivity contribution is -0.134. The smallest absolute Gasteiger partial charge is 0.311 e. The first kappa shape index (κ1) is 27.0. The summed E-state index contributed by atoms with van der Waals surface area (Å²) in [5.41, 5.74) is 0.737. The van der Waals surface area contributed by atoms with Gasteiger partial charge in [-0.3, -0.25) is 9.59 Å². The minimum absolute atomic E-state index is 0.00522. The van der Waals surface area contributed by atoms with E-state index >= 15 is 0 Å². The van der Waals surface area contributed by atoms with E-state index in [9.17, 15) is 18.4 Å². The number of nitrogens with one attached hydrogen (secondary N) is 1. The Hall–Kier alpha value is -3.07. The van der Waals surface area contributed by atoms with Crippen LogP contribution in [-0.4, -0.2) is 16.9 Å². The summed E-state index contributed by atoms with van der Waals surface area (Å²) in [5, 5.41) is 2.11. The number of rotatable bonds is 7. The molecule has 0 saturated heterocycles. The maximum Gasteiger partial charge on any atom is 0.311 e. The molecule has 1 N–H and O–H groups in total. The number of hydrogen-bond acceptors (Lipinski definition) is 4. The molecule has 4 rings (SSSR count). The van der Waals surface area contributed by atoms with E-state index < -0.39 is 40.0 Å². The van der Waals surface area contributed by atoms with Gasteiger partial charge in [-0.2, -0.15) is 0 Å². The number of nitrogens with zero attached hydrogens (tertiary/aromatic N) is 1. The number of benzene rings is 3. The normalized spacial score (nSPS) is 11.0. The maximum absolute atomic E-state index is 15.0. The lowest BCUT2D eigenvalue weighted by atomic mass is 10.0. The van der Waals surface area contributed by atoms with Gasteiger partial charge in [0.15, 0.2) is 17.4 Å². The first-order chi connectivity index (χ1) is 17.7. The molecule has 1 amide bonds. The number of unbranched alkanes of at least 4 members (excludes halogenated alkanes) is 1. The van der Waals surface area contributed by atoms with Crippen LogP contribution in [0.5, 0.6) is 5.75 Å². The van der Waals surface area contributed by atoms with Crippen molar-refractivity contribution in [2.75, 3.05) is 5.32 Å². The first-order valence-corrected chi connectivity index (χ1v) is 12.8. The van der Waals surface area contributed by atoms with E-state index in [4.69, 9.17) is 27.9 Å². The number of hydrogen-bond donors (Lipinski definition) is 1. The van der Waals surface area contributed by atoms with E-state index in [1.807, 2.05) is 13.0 Å². The second-order valence-corrected chi connectivity index (χ2v) is 9.77. The lowest BCUT2D eigenvalue weighted by Crippen LogP contribution is -2.18. The zero-order valence-electron chi connectivity index (χ0n) is 19.4. The predicted molar refractivity (Wildman–Crippen MR) is 144 cm³/mol. The van der Waals surface area contributed by atoms with Crippen LogP contribution < -0.4 is 10.1 Å². The number of amides is 1. The number of carbonyl (C=O) groups excluding carboxylic acids is 2. The van der Waals surface area contributed by atoms with E-state index in [0.717, 1.165) is 0 Å². The van der Waals surface area contributed by atoms with Gasteiger partial charge < -0.3 is 10.1 Å². The third kappa shape index (κ3) is 5.76. The number of ether oxygens (including phenoxy) is 1. The van der Waals surface area contributed by atoms with Gasteiger partial charge in [0, 0.05) is 21.8 Å². The molecule has 0 fully saturated rings. The zero-order chi connectivity index (χ0) is 26.7. The highest BCUT2D eigenvalue weighted by molar-refractivity contribution is 9.10. The van der Waals surface area contributed by atoms with Crippen LogP contribution in [0.2, 0.25) is 10.0 Å². The topological polar surface area (TPSA) is 68.3 Å². The number of halogens is 5. The van der Waals surface area contributed by atoms with Crippen molar-refractivity contribution in [2.45, 2.75) is 26.2 Å². The number of fused-ring (bicyclic) bond motifs is 1. The highest BCUT2D eigenvalue weighted by atomic mass is 79.9. The largest absolute Gasteiger partial charge is 0.421 e. The second kappa shape index (κ2) is 11.5. The van der Waals surface area contributed by atoms with Crippen LogP contribution in [0.4, 0.5) is 14.5 Å². The van der Waals surface area contributed by atoms with Gasteiger partial charge in [0.25, 0.3) is 5.91 Å². The molecule has 0 aliphatic rings. The fourth-order valence-corrected chi connectivity index (χ4v) is 4.55. The van der Waals surface area contributed by atoms with Crippen molar-refractivity contribution in [3.63, 3.8) is 0 Å². The molecule has 1 aromatic heterocycles. The standard InChI is InChI=1S/C27H19BrCl2F2N2O3/c1-2-3-9-20(35)37-26-23(32)17(29)13-18(31)25(26)34-27(36)21-16-12-15(28)10-11-19(16)33-24(22(21)30)14-7-5-4-6-8-14/h4-8,10-13H,2-3,9H2,1H3,(H,34,36). The molecular weight excluding hydrogens is 589 g/mol. The minimum atomic E-state index is -1.18. The third-order valence-electron chi connectivity index (χ3n) is 5.48. The van der Waals surface area contributed by atoms with Crippen LogP contribution in [0, 0.1) is 11.6 Å². The number of aromatic nitrogens is 1. The summed E-state index contributed by atoms with van der Waals surface area (Å²) in [7, 11) is 0. The third-order valence-corrected chi connectivity index (χ3v) is 6.62. The maximum atomic E-state index is 15.0. The summed E-state index contributed by atoms with van der Waals surface area (Å²) in [6, 6.07) is 14.8. The van der Waals surface area contributed by atoms with Crippen molar-refractivity contribution in [2.24, 2.45) is 0 Å². The van der Waals surface area contributed by atoms with Crippen LogP contribution in [0.25, 0.3) is 22.2 Å². The van der Waals surface area contributed by atoms with Crippen LogP contribution in [0.3, 0.4) is 0 Å². The minimum Gasteiger partial charge on any atom is -0.421 e. The molecule has 10 heteroatoms. The summed E-state index contributed by atoms with van der Waals surface area (Å²) < 4.78 is 35.6. The van der Waals surface area contributed by atoms with Gasteiger partial charge >= 0.3 is 5.97 Å². The van der Waals surface area contributed by atoms with Crippen molar-refractivity contribution in [3.05, 3.63) is 86.3 Å². The number of anilines is 1. The highest BCUT2D eigenvalue weighted by Gasteiger charge is 2.27. The Kier molecular flexibility index (Phi) is 8.42. The summed E-state index contributed by atoms with van der Waals surface area (Å²) >= 11 is 15.9. The van der Waals surface area contributed by atoms with Crippen molar-refractivity contribution in [3.8, 4) is 17.0 Å². The van der Waals surface area contributed by atoms with Crippen molar-refractivity contribution in [1.29, 1.82) is 0 Å². The number of pyridine rings is 1. The van der Waals surface area contributed by atoms with E-state index in [-0.39, 0.29) is 17.0 Å². The zero-order valence-corrected chi connectivity index (χ0v) is 22.5. The molecule has 0 aliphatic carbocycles. The monoisotopic (exact) mass is 606 g/mol. The molecule has 1 heterocycles. The lowest BCUT2D eigenvalue weighted by Gasteiger charge is -2.17. The quantitative estimate of drug-likeness (QED) is 0.130. The van der Waals surface area contributed by atoms with Crippen LogP contribution in [0.1, 0.15) is 36.5 Å². The molecule has 0 radical (unpaired) electrons. The molecule has 4 aromatic rings. The summed E-state index contributed by atoms with van der Waals surface area (Å²) in [4.78, 5) is 30.4. The van der Waals surface area contributed by atoms with Gasteiger partial charge in [0.2, 0.25) is 0 Å². The van der Waals surface area contributed by atoms with Gasteiger partial charge in [-0.15, -0.1) is 0 Å². The molecule has 5 nitrogen and oxygen atoms in total. The molecule has 37 heavy (non-hydrogen) atoms. The number of carbonyl (C=O) groups is 2. The molecule has 0 bridgehead atoms. The SMILES string of the molecule is CCCCC(=O)Oc1c(F)c(Cl)cc(F)c1NC(=O)c1c(Cl)c(-c2ccccc2)nc2ccc(Br)cc12. The van der Waals surface area contributed by atoms with Crippen LogP contribution in [0.15, 0.2) is 59.1 Å².